The molecule has 0 N–H and O–H groups in total. The standard InChI is InChI=1S/C20H17NO7/c1-23-16-8-12(9-17(24-2)18(16)25-3)19-21-13(20(22)28-19)6-11-4-5-14-15(7-11)27-10-26-14/h4-9H,10H2,1-3H3. The number of benzene rings is 2. The predicted molar refractivity (Wildman–Crippen MR) is 99.3 cm³/mol. The summed E-state index contributed by atoms with van der Waals surface area (Å²) in [5.74, 6) is 2.19. The number of carbonyl (C=O) groups is 1. The summed E-state index contributed by atoms with van der Waals surface area (Å²) in [6, 6.07) is 8.68. The lowest BCUT2D eigenvalue weighted by Gasteiger charge is -2.13. The molecule has 0 saturated carbocycles. The highest BCUT2D eigenvalue weighted by Crippen LogP contribution is 2.39. The Morgan fingerprint density at radius 3 is 2.36 bits per heavy atom. The van der Waals surface area contributed by atoms with E-state index in [1.54, 1.807) is 36.4 Å². The van der Waals surface area contributed by atoms with Gasteiger partial charge in [0, 0.05) is 5.56 Å². The van der Waals surface area contributed by atoms with Gasteiger partial charge in [0.1, 0.15) is 0 Å². The van der Waals surface area contributed by atoms with Crippen LogP contribution in [0, 0.1) is 0 Å². The summed E-state index contributed by atoms with van der Waals surface area (Å²) in [4.78, 5) is 16.6. The third-order valence-electron chi connectivity index (χ3n) is 4.23. The fraction of sp³-hybridized carbons (Fsp3) is 0.200. The van der Waals surface area contributed by atoms with Gasteiger partial charge in [0.25, 0.3) is 0 Å². The number of fused-ring (bicyclic) bond motifs is 1. The van der Waals surface area contributed by atoms with E-state index in [1.807, 2.05) is 0 Å². The zero-order valence-corrected chi connectivity index (χ0v) is 15.5. The molecule has 2 aromatic rings. The second-order valence-electron chi connectivity index (χ2n) is 5.86. The Bertz CT molecular complexity index is 985. The Balaban J connectivity index is 1.69. The number of esters is 1. The summed E-state index contributed by atoms with van der Waals surface area (Å²) in [6.45, 7) is 0.181. The van der Waals surface area contributed by atoms with Crippen LogP contribution in [0.3, 0.4) is 0 Å². The second-order valence-corrected chi connectivity index (χ2v) is 5.86. The van der Waals surface area contributed by atoms with E-state index in [0.717, 1.165) is 5.56 Å². The first-order chi connectivity index (χ1) is 13.6. The van der Waals surface area contributed by atoms with Gasteiger partial charge < -0.3 is 28.4 Å². The van der Waals surface area contributed by atoms with Crippen molar-refractivity contribution in [3.8, 4) is 28.7 Å². The van der Waals surface area contributed by atoms with E-state index in [9.17, 15) is 4.79 Å². The van der Waals surface area contributed by atoms with Crippen molar-refractivity contribution in [2.75, 3.05) is 28.1 Å². The zero-order valence-electron chi connectivity index (χ0n) is 15.5. The number of nitrogens with zero attached hydrogens (tertiary/aromatic N) is 1. The van der Waals surface area contributed by atoms with E-state index >= 15 is 0 Å². The SMILES string of the molecule is COc1cc(C2=NC(=Cc3ccc4c(c3)OCO4)C(=O)O2)cc(OC)c1OC. The van der Waals surface area contributed by atoms with Crippen LogP contribution >= 0.6 is 0 Å². The van der Waals surface area contributed by atoms with Gasteiger partial charge in [-0.2, -0.15) is 0 Å². The summed E-state index contributed by atoms with van der Waals surface area (Å²) < 4.78 is 31.9. The molecular formula is C20H17NO7. The minimum absolute atomic E-state index is 0.149. The smallest absolute Gasteiger partial charge is 0.363 e. The first-order valence-corrected chi connectivity index (χ1v) is 8.35. The molecule has 2 heterocycles. The van der Waals surface area contributed by atoms with Crippen LogP contribution < -0.4 is 23.7 Å². The van der Waals surface area contributed by atoms with Crippen molar-refractivity contribution in [3.63, 3.8) is 0 Å². The molecule has 0 unspecified atom stereocenters. The van der Waals surface area contributed by atoms with Gasteiger partial charge in [-0.15, -0.1) is 0 Å². The molecule has 8 heteroatoms. The molecule has 2 aromatic carbocycles. The van der Waals surface area contributed by atoms with E-state index in [2.05, 4.69) is 4.99 Å². The summed E-state index contributed by atoms with van der Waals surface area (Å²) >= 11 is 0. The van der Waals surface area contributed by atoms with Crippen molar-refractivity contribution < 1.29 is 33.2 Å². The lowest BCUT2D eigenvalue weighted by molar-refractivity contribution is -0.129. The normalized spacial score (nSPS) is 16.0. The Morgan fingerprint density at radius 1 is 0.964 bits per heavy atom. The first-order valence-electron chi connectivity index (χ1n) is 8.35. The number of aliphatic imine (C=N–C) groups is 1. The molecule has 0 bridgehead atoms. The average molecular weight is 383 g/mol. The zero-order chi connectivity index (χ0) is 19.7. The highest BCUT2D eigenvalue weighted by Gasteiger charge is 2.26. The predicted octanol–water partition coefficient (Wildman–Crippen LogP) is 2.79. The van der Waals surface area contributed by atoms with Crippen molar-refractivity contribution >= 4 is 17.9 Å². The maximum atomic E-state index is 12.3. The molecule has 8 nitrogen and oxygen atoms in total. The molecule has 0 radical (unpaired) electrons. The topological polar surface area (TPSA) is 84.8 Å². The molecule has 2 aliphatic rings. The number of hydrogen-bond acceptors (Lipinski definition) is 8. The van der Waals surface area contributed by atoms with Crippen LogP contribution in [-0.2, 0) is 9.53 Å². The second kappa shape index (κ2) is 7.15. The Labute approximate surface area is 160 Å². The van der Waals surface area contributed by atoms with E-state index in [-0.39, 0.29) is 18.4 Å². The number of ether oxygens (including phenoxy) is 6. The highest BCUT2D eigenvalue weighted by molar-refractivity contribution is 6.13. The van der Waals surface area contributed by atoms with E-state index < -0.39 is 5.97 Å². The lowest BCUT2D eigenvalue weighted by atomic mass is 10.1. The molecular weight excluding hydrogens is 366 g/mol. The average Bonchev–Trinajstić information content (AvgIpc) is 3.33. The van der Waals surface area contributed by atoms with Crippen molar-refractivity contribution in [1.29, 1.82) is 0 Å². The number of methoxy groups -OCH3 is 3. The van der Waals surface area contributed by atoms with Crippen molar-refractivity contribution in [3.05, 3.63) is 47.2 Å². The fourth-order valence-corrected chi connectivity index (χ4v) is 2.90. The minimum atomic E-state index is -0.554. The Morgan fingerprint density at radius 2 is 1.68 bits per heavy atom. The van der Waals surface area contributed by atoms with E-state index in [4.69, 9.17) is 28.4 Å². The summed E-state index contributed by atoms with van der Waals surface area (Å²) in [7, 11) is 4.53. The molecule has 28 heavy (non-hydrogen) atoms. The summed E-state index contributed by atoms with van der Waals surface area (Å²) in [6.07, 6.45) is 1.62. The van der Waals surface area contributed by atoms with Gasteiger partial charge in [0.15, 0.2) is 28.7 Å². The van der Waals surface area contributed by atoms with Crippen molar-refractivity contribution in [2.24, 2.45) is 4.99 Å². The van der Waals surface area contributed by atoms with Crippen LogP contribution in [0.1, 0.15) is 11.1 Å². The molecule has 4 rings (SSSR count). The minimum Gasteiger partial charge on any atom is -0.493 e. The van der Waals surface area contributed by atoms with Crippen LogP contribution in [0.5, 0.6) is 28.7 Å². The number of hydrogen-bond donors (Lipinski definition) is 0. The van der Waals surface area contributed by atoms with Crippen molar-refractivity contribution in [1.82, 2.24) is 0 Å². The third-order valence-corrected chi connectivity index (χ3v) is 4.23. The Hall–Kier alpha value is -3.68. The highest BCUT2D eigenvalue weighted by atomic mass is 16.7. The van der Waals surface area contributed by atoms with Gasteiger partial charge in [0.2, 0.25) is 18.4 Å². The van der Waals surface area contributed by atoms with Gasteiger partial charge in [-0.1, -0.05) is 6.07 Å². The Kier molecular flexibility index (Phi) is 4.52. The lowest BCUT2D eigenvalue weighted by Crippen LogP contribution is -2.06. The largest absolute Gasteiger partial charge is 0.493 e. The molecule has 0 saturated heterocycles. The first kappa shape index (κ1) is 17.7. The molecule has 0 atom stereocenters. The molecule has 0 aliphatic carbocycles. The third kappa shape index (κ3) is 3.09. The van der Waals surface area contributed by atoms with Crippen LogP contribution in [0.15, 0.2) is 41.0 Å². The quantitative estimate of drug-likeness (QED) is 0.580. The van der Waals surface area contributed by atoms with E-state index in [0.29, 0.717) is 34.3 Å². The van der Waals surface area contributed by atoms with Crippen LogP contribution in [0.25, 0.3) is 6.08 Å². The summed E-state index contributed by atoms with van der Waals surface area (Å²) in [5.41, 5.74) is 1.44. The number of rotatable bonds is 5. The molecule has 2 aliphatic heterocycles. The number of cyclic esters (lactones) is 1. The van der Waals surface area contributed by atoms with Crippen LogP contribution in [0.2, 0.25) is 0 Å². The molecule has 0 amide bonds. The fourth-order valence-electron chi connectivity index (χ4n) is 2.90. The van der Waals surface area contributed by atoms with E-state index in [1.165, 1.54) is 21.3 Å². The molecule has 0 spiro atoms. The maximum absolute atomic E-state index is 12.3. The van der Waals surface area contributed by atoms with Gasteiger partial charge in [-0.3, -0.25) is 0 Å². The summed E-state index contributed by atoms with van der Waals surface area (Å²) in [5, 5.41) is 0. The monoisotopic (exact) mass is 383 g/mol. The van der Waals surface area contributed by atoms with Crippen molar-refractivity contribution in [2.45, 2.75) is 0 Å². The molecule has 144 valence electrons. The van der Waals surface area contributed by atoms with Gasteiger partial charge in [-0.05, 0) is 35.9 Å². The van der Waals surface area contributed by atoms with Gasteiger partial charge in [0.05, 0.1) is 21.3 Å². The van der Waals surface area contributed by atoms with Crippen LogP contribution in [-0.4, -0.2) is 40.0 Å². The molecule has 0 fully saturated rings. The van der Waals surface area contributed by atoms with Gasteiger partial charge in [-0.25, -0.2) is 9.79 Å². The maximum Gasteiger partial charge on any atom is 0.363 e. The number of carbonyl (C=O) groups excluding carboxylic acids is 1. The molecule has 0 aromatic heterocycles. The van der Waals surface area contributed by atoms with Crippen LogP contribution in [0.4, 0.5) is 0 Å². The van der Waals surface area contributed by atoms with Gasteiger partial charge >= 0.3 is 5.97 Å².